The van der Waals surface area contributed by atoms with Crippen LogP contribution in [0, 0.1) is 0 Å². The molecule has 0 saturated heterocycles. The molecule has 1 aromatic carbocycles. The maximum Gasteiger partial charge on any atom is 0.328 e. The number of aromatic nitrogens is 2. The van der Waals surface area contributed by atoms with Crippen LogP contribution >= 0.6 is 11.6 Å². The van der Waals surface area contributed by atoms with Gasteiger partial charge in [0.2, 0.25) is 11.8 Å². The fraction of sp³-hybridized carbons (Fsp3) is 0.214. The number of ether oxygens (including phenoxy) is 3. The van der Waals surface area contributed by atoms with Crippen molar-refractivity contribution in [1.82, 2.24) is 9.97 Å². The van der Waals surface area contributed by atoms with Gasteiger partial charge in [-0.1, -0.05) is 23.7 Å². The normalized spacial score (nSPS) is 10.1. The molecule has 2 rings (SSSR count). The highest BCUT2D eigenvalue weighted by Crippen LogP contribution is 2.34. The molecule has 0 aliphatic carbocycles. The van der Waals surface area contributed by atoms with E-state index in [2.05, 4.69) is 9.97 Å². The third kappa shape index (κ3) is 3.22. The second kappa shape index (κ2) is 6.41. The Labute approximate surface area is 126 Å². The molecule has 2 aromatic rings. The Bertz CT molecular complexity index is 651. The SMILES string of the molecule is COc1nc(Oc2ccccc2C(C)=O)nc(OC)c1Cl. The van der Waals surface area contributed by atoms with E-state index in [-0.39, 0.29) is 28.6 Å². The van der Waals surface area contributed by atoms with Gasteiger partial charge in [0.1, 0.15) is 5.75 Å². The third-order valence-electron chi connectivity index (χ3n) is 2.62. The topological polar surface area (TPSA) is 70.5 Å². The van der Waals surface area contributed by atoms with E-state index in [1.54, 1.807) is 24.3 Å². The lowest BCUT2D eigenvalue weighted by molar-refractivity contribution is 0.101. The van der Waals surface area contributed by atoms with Crippen LogP contribution in [0.15, 0.2) is 24.3 Å². The second-order valence-electron chi connectivity index (χ2n) is 3.99. The van der Waals surface area contributed by atoms with E-state index in [1.807, 2.05) is 0 Å². The van der Waals surface area contributed by atoms with Gasteiger partial charge in [0.15, 0.2) is 10.8 Å². The number of nitrogens with zero attached hydrogens (tertiary/aromatic N) is 2. The summed E-state index contributed by atoms with van der Waals surface area (Å²) < 4.78 is 15.6. The number of carbonyl (C=O) groups excluding carboxylic acids is 1. The van der Waals surface area contributed by atoms with Gasteiger partial charge in [-0.25, -0.2) is 0 Å². The minimum absolute atomic E-state index is 0.0261. The van der Waals surface area contributed by atoms with Crippen molar-refractivity contribution in [2.75, 3.05) is 14.2 Å². The minimum atomic E-state index is -0.126. The van der Waals surface area contributed by atoms with Gasteiger partial charge in [-0.2, -0.15) is 9.97 Å². The van der Waals surface area contributed by atoms with Crippen LogP contribution in [0.4, 0.5) is 0 Å². The highest BCUT2D eigenvalue weighted by atomic mass is 35.5. The second-order valence-corrected chi connectivity index (χ2v) is 4.37. The van der Waals surface area contributed by atoms with Crippen LogP contribution in [0.3, 0.4) is 0 Å². The van der Waals surface area contributed by atoms with E-state index >= 15 is 0 Å². The lowest BCUT2D eigenvalue weighted by Crippen LogP contribution is -2.02. The molecule has 0 saturated carbocycles. The molecule has 1 heterocycles. The molecule has 0 bridgehead atoms. The maximum atomic E-state index is 11.6. The molecule has 0 amide bonds. The van der Waals surface area contributed by atoms with Crippen LogP contribution in [0.25, 0.3) is 0 Å². The molecule has 110 valence electrons. The van der Waals surface area contributed by atoms with Gasteiger partial charge in [0.05, 0.1) is 19.8 Å². The Morgan fingerprint density at radius 2 is 1.67 bits per heavy atom. The molecular weight excluding hydrogens is 296 g/mol. The number of benzene rings is 1. The highest BCUT2D eigenvalue weighted by Gasteiger charge is 2.17. The van der Waals surface area contributed by atoms with Crippen LogP contribution in [0.1, 0.15) is 17.3 Å². The summed E-state index contributed by atoms with van der Waals surface area (Å²) >= 11 is 5.98. The van der Waals surface area contributed by atoms with E-state index in [9.17, 15) is 4.79 Å². The van der Waals surface area contributed by atoms with Crippen LogP contribution in [0.2, 0.25) is 5.02 Å². The van der Waals surface area contributed by atoms with Crippen LogP contribution < -0.4 is 14.2 Å². The van der Waals surface area contributed by atoms with Crippen molar-refractivity contribution < 1.29 is 19.0 Å². The summed E-state index contributed by atoms with van der Waals surface area (Å²) in [5.41, 5.74) is 0.425. The van der Waals surface area contributed by atoms with Crippen LogP contribution in [-0.2, 0) is 0 Å². The first kappa shape index (κ1) is 15.1. The van der Waals surface area contributed by atoms with Gasteiger partial charge >= 0.3 is 6.01 Å². The van der Waals surface area contributed by atoms with Crippen molar-refractivity contribution in [1.29, 1.82) is 0 Å². The summed E-state index contributed by atoms with van der Waals surface area (Å²) in [7, 11) is 2.84. The van der Waals surface area contributed by atoms with Crippen molar-refractivity contribution in [3.8, 4) is 23.5 Å². The lowest BCUT2D eigenvalue weighted by Gasteiger charge is -2.11. The molecule has 0 aliphatic heterocycles. The third-order valence-corrected chi connectivity index (χ3v) is 2.95. The van der Waals surface area contributed by atoms with Crippen molar-refractivity contribution >= 4 is 17.4 Å². The number of Topliss-reactive ketones (excluding diaryl/α,β-unsaturated/α-hetero) is 1. The fourth-order valence-corrected chi connectivity index (χ4v) is 1.89. The first-order valence-electron chi connectivity index (χ1n) is 6.00. The van der Waals surface area contributed by atoms with E-state index in [0.717, 1.165) is 0 Å². The lowest BCUT2D eigenvalue weighted by atomic mass is 10.1. The maximum absolute atomic E-state index is 11.6. The summed E-state index contributed by atoms with van der Waals surface area (Å²) in [4.78, 5) is 19.6. The molecule has 0 fully saturated rings. The molecule has 0 N–H and O–H groups in total. The molecular formula is C14H13ClN2O4. The smallest absolute Gasteiger partial charge is 0.328 e. The summed E-state index contributed by atoms with van der Waals surface area (Å²) in [5.74, 6) is 0.465. The Balaban J connectivity index is 2.43. The Morgan fingerprint density at radius 3 is 2.19 bits per heavy atom. The van der Waals surface area contributed by atoms with Crippen molar-refractivity contribution in [2.45, 2.75) is 6.92 Å². The molecule has 7 heteroatoms. The number of halogens is 1. The van der Waals surface area contributed by atoms with Gasteiger partial charge in [0, 0.05) is 0 Å². The van der Waals surface area contributed by atoms with Crippen molar-refractivity contribution in [3.05, 3.63) is 34.9 Å². The quantitative estimate of drug-likeness (QED) is 0.790. The number of carbonyl (C=O) groups is 1. The Morgan fingerprint density at radius 1 is 1.10 bits per heavy atom. The minimum Gasteiger partial charge on any atom is -0.480 e. The van der Waals surface area contributed by atoms with Crippen molar-refractivity contribution in [2.24, 2.45) is 0 Å². The largest absolute Gasteiger partial charge is 0.480 e. The fourth-order valence-electron chi connectivity index (χ4n) is 1.65. The molecule has 0 radical (unpaired) electrons. The first-order chi connectivity index (χ1) is 10.1. The van der Waals surface area contributed by atoms with E-state index in [1.165, 1.54) is 21.1 Å². The molecule has 0 atom stereocenters. The molecule has 21 heavy (non-hydrogen) atoms. The van der Waals surface area contributed by atoms with Crippen LogP contribution in [0.5, 0.6) is 23.5 Å². The molecule has 0 spiro atoms. The highest BCUT2D eigenvalue weighted by molar-refractivity contribution is 6.33. The van der Waals surface area contributed by atoms with Crippen molar-refractivity contribution in [3.63, 3.8) is 0 Å². The predicted octanol–water partition coefficient (Wildman–Crippen LogP) is 3.14. The number of methoxy groups -OCH3 is 2. The summed E-state index contributed by atoms with van der Waals surface area (Å²) in [6.07, 6.45) is 0. The number of ketones is 1. The van der Waals surface area contributed by atoms with Gasteiger partial charge < -0.3 is 14.2 Å². The standard InChI is InChI=1S/C14H13ClN2O4/c1-8(18)9-6-4-5-7-10(9)21-14-16-12(19-2)11(15)13(17-14)20-3/h4-7H,1-3H3. The summed E-state index contributed by atoms with van der Waals surface area (Å²) in [6, 6.07) is 6.76. The van der Waals surface area contributed by atoms with Gasteiger partial charge in [-0.05, 0) is 19.1 Å². The Kier molecular flexibility index (Phi) is 4.59. The van der Waals surface area contributed by atoms with Gasteiger partial charge in [0.25, 0.3) is 0 Å². The zero-order valence-corrected chi connectivity index (χ0v) is 12.5. The average Bonchev–Trinajstić information content (AvgIpc) is 2.49. The van der Waals surface area contributed by atoms with Gasteiger partial charge in [-0.3, -0.25) is 4.79 Å². The number of rotatable bonds is 5. The summed E-state index contributed by atoms with van der Waals surface area (Å²) in [6.45, 7) is 1.45. The van der Waals surface area contributed by atoms with E-state index < -0.39 is 0 Å². The number of para-hydroxylation sites is 1. The van der Waals surface area contributed by atoms with E-state index in [4.69, 9.17) is 25.8 Å². The van der Waals surface area contributed by atoms with Crippen LogP contribution in [-0.4, -0.2) is 30.0 Å². The number of hydrogen-bond acceptors (Lipinski definition) is 6. The molecule has 0 unspecified atom stereocenters. The zero-order valence-electron chi connectivity index (χ0n) is 11.7. The molecule has 1 aromatic heterocycles. The number of hydrogen-bond donors (Lipinski definition) is 0. The predicted molar refractivity (Wildman–Crippen MR) is 76.7 cm³/mol. The first-order valence-corrected chi connectivity index (χ1v) is 6.38. The van der Waals surface area contributed by atoms with Gasteiger partial charge in [-0.15, -0.1) is 0 Å². The molecule has 0 aliphatic rings. The Hall–Kier alpha value is -2.34. The monoisotopic (exact) mass is 308 g/mol. The zero-order chi connectivity index (χ0) is 15.4. The van der Waals surface area contributed by atoms with E-state index in [0.29, 0.717) is 11.3 Å². The molecule has 6 nitrogen and oxygen atoms in total. The summed E-state index contributed by atoms with van der Waals surface area (Å²) in [5, 5.41) is 0.146. The average molecular weight is 309 g/mol.